The lowest BCUT2D eigenvalue weighted by atomic mass is 10.2. The van der Waals surface area contributed by atoms with Gasteiger partial charge in [0, 0.05) is 37.9 Å². The van der Waals surface area contributed by atoms with Gasteiger partial charge in [-0.25, -0.2) is 4.98 Å². The summed E-state index contributed by atoms with van der Waals surface area (Å²) in [4.78, 5) is 35.8. The van der Waals surface area contributed by atoms with Crippen LogP contribution in [0.2, 0.25) is 0 Å². The number of hydrogen-bond donors (Lipinski definition) is 1. The summed E-state index contributed by atoms with van der Waals surface area (Å²) in [6.07, 6.45) is 5.09. The Morgan fingerprint density at radius 3 is 2.59 bits per heavy atom. The highest BCUT2D eigenvalue weighted by molar-refractivity contribution is 6.07. The lowest BCUT2D eigenvalue weighted by Gasteiger charge is -2.16. The van der Waals surface area contributed by atoms with Crippen LogP contribution in [0.15, 0.2) is 79.3 Å². The molecule has 4 rings (SSSR count). The second-order valence-corrected chi connectivity index (χ2v) is 6.48. The maximum atomic E-state index is 13.1. The van der Waals surface area contributed by atoms with Crippen LogP contribution in [0, 0.1) is 0 Å². The molecule has 0 aliphatic rings. The van der Waals surface area contributed by atoms with Crippen molar-refractivity contribution in [2.45, 2.75) is 6.54 Å². The van der Waals surface area contributed by atoms with Crippen LogP contribution in [0.1, 0.15) is 26.7 Å². The highest BCUT2D eigenvalue weighted by Crippen LogP contribution is 2.18. The lowest BCUT2D eigenvalue weighted by Crippen LogP contribution is -2.28. The van der Waals surface area contributed by atoms with Gasteiger partial charge in [0.2, 0.25) is 5.82 Å². The van der Waals surface area contributed by atoms with Gasteiger partial charge in [-0.05, 0) is 35.9 Å². The monoisotopic (exact) mass is 385 g/mol. The summed E-state index contributed by atoms with van der Waals surface area (Å²) < 4.78 is 1.64. The van der Waals surface area contributed by atoms with Gasteiger partial charge >= 0.3 is 0 Å². The fourth-order valence-corrected chi connectivity index (χ4v) is 3.04. The molecular formula is C22H19N5O2. The molecule has 3 aromatic heterocycles. The first kappa shape index (κ1) is 18.4. The van der Waals surface area contributed by atoms with Gasteiger partial charge in [0.15, 0.2) is 5.69 Å². The van der Waals surface area contributed by atoms with Crippen LogP contribution in [0.5, 0.6) is 0 Å². The average molecular weight is 385 g/mol. The third kappa shape index (κ3) is 3.70. The van der Waals surface area contributed by atoms with Crippen molar-refractivity contribution in [3.63, 3.8) is 0 Å². The topological polar surface area (TPSA) is 79.6 Å². The first-order valence-corrected chi connectivity index (χ1v) is 9.12. The van der Waals surface area contributed by atoms with Crippen LogP contribution in [0.25, 0.3) is 5.52 Å². The van der Waals surface area contributed by atoms with Gasteiger partial charge in [-0.2, -0.15) is 0 Å². The average Bonchev–Trinajstić information content (AvgIpc) is 3.17. The fourth-order valence-electron chi connectivity index (χ4n) is 3.04. The molecular weight excluding hydrogens is 366 g/mol. The van der Waals surface area contributed by atoms with Gasteiger partial charge in [-0.15, -0.1) is 0 Å². The molecule has 1 aromatic carbocycles. The molecule has 1 N–H and O–H groups in total. The molecule has 3 heterocycles. The molecule has 4 aromatic rings. The number of fused-ring (bicyclic) bond motifs is 1. The number of benzene rings is 1. The van der Waals surface area contributed by atoms with Crippen LogP contribution < -0.4 is 10.2 Å². The number of aromatic nitrogens is 3. The van der Waals surface area contributed by atoms with Gasteiger partial charge in [-0.3, -0.25) is 19.0 Å². The third-order valence-electron chi connectivity index (χ3n) is 4.58. The molecule has 0 bridgehead atoms. The van der Waals surface area contributed by atoms with E-state index in [2.05, 4.69) is 15.3 Å². The molecule has 7 heteroatoms. The number of amides is 2. The summed E-state index contributed by atoms with van der Waals surface area (Å²) >= 11 is 0. The molecule has 0 aliphatic heterocycles. The Morgan fingerprint density at radius 1 is 1.03 bits per heavy atom. The Hall–Kier alpha value is -4.00. The Bertz CT molecular complexity index is 1160. The predicted molar refractivity (Wildman–Crippen MR) is 110 cm³/mol. The van der Waals surface area contributed by atoms with Crippen LogP contribution in [-0.4, -0.2) is 33.2 Å². The molecule has 0 atom stereocenters. The van der Waals surface area contributed by atoms with Crippen LogP contribution in [0.3, 0.4) is 0 Å². The molecule has 0 spiro atoms. The van der Waals surface area contributed by atoms with Crippen molar-refractivity contribution in [3.8, 4) is 0 Å². The van der Waals surface area contributed by atoms with Crippen molar-refractivity contribution in [1.29, 1.82) is 0 Å². The zero-order chi connectivity index (χ0) is 20.2. The highest BCUT2D eigenvalue weighted by atomic mass is 16.2. The van der Waals surface area contributed by atoms with E-state index in [1.54, 1.807) is 42.2 Å². The smallest absolute Gasteiger partial charge is 0.294 e. The first-order valence-electron chi connectivity index (χ1n) is 9.12. The van der Waals surface area contributed by atoms with Crippen LogP contribution in [-0.2, 0) is 6.54 Å². The van der Waals surface area contributed by atoms with E-state index in [1.165, 1.54) is 4.90 Å². The molecule has 0 unspecified atom stereocenters. The molecule has 29 heavy (non-hydrogen) atoms. The Morgan fingerprint density at radius 2 is 1.83 bits per heavy atom. The number of nitrogens with zero attached hydrogens (tertiary/aromatic N) is 4. The molecule has 0 saturated heterocycles. The van der Waals surface area contributed by atoms with Crippen molar-refractivity contribution in [2.24, 2.45) is 0 Å². The van der Waals surface area contributed by atoms with Crippen molar-refractivity contribution in [1.82, 2.24) is 19.7 Å². The number of imidazole rings is 1. The number of rotatable bonds is 5. The summed E-state index contributed by atoms with van der Waals surface area (Å²) in [7, 11) is 1.68. The minimum Gasteiger partial charge on any atom is -0.346 e. The minimum atomic E-state index is -0.348. The highest BCUT2D eigenvalue weighted by Gasteiger charge is 2.24. The second-order valence-electron chi connectivity index (χ2n) is 6.48. The maximum absolute atomic E-state index is 13.1. The number of hydrogen-bond acceptors (Lipinski definition) is 4. The number of anilines is 1. The van der Waals surface area contributed by atoms with Crippen molar-refractivity contribution < 1.29 is 9.59 Å². The molecule has 7 nitrogen and oxygen atoms in total. The quantitative estimate of drug-likeness (QED) is 0.573. The number of para-hydroxylation sites is 1. The van der Waals surface area contributed by atoms with Crippen molar-refractivity contribution >= 4 is 23.0 Å². The lowest BCUT2D eigenvalue weighted by molar-refractivity contribution is 0.0948. The zero-order valence-corrected chi connectivity index (χ0v) is 15.8. The number of pyridine rings is 2. The van der Waals surface area contributed by atoms with E-state index in [4.69, 9.17) is 0 Å². The Labute approximate surface area is 167 Å². The van der Waals surface area contributed by atoms with E-state index in [-0.39, 0.29) is 23.3 Å². The van der Waals surface area contributed by atoms with Gasteiger partial charge in [0.25, 0.3) is 11.8 Å². The maximum Gasteiger partial charge on any atom is 0.294 e. The normalized spacial score (nSPS) is 10.7. The fraction of sp³-hybridized carbons (Fsp3) is 0.0909. The van der Waals surface area contributed by atoms with Gasteiger partial charge < -0.3 is 10.2 Å². The third-order valence-corrected chi connectivity index (χ3v) is 4.58. The zero-order valence-electron chi connectivity index (χ0n) is 15.8. The molecule has 0 saturated carbocycles. The largest absolute Gasteiger partial charge is 0.346 e. The second kappa shape index (κ2) is 7.93. The molecule has 144 valence electrons. The summed E-state index contributed by atoms with van der Waals surface area (Å²) in [5, 5.41) is 2.84. The Balaban J connectivity index is 1.64. The van der Waals surface area contributed by atoms with Gasteiger partial charge in [-0.1, -0.05) is 30.3 Å². The summed E-state index contributed by atoms with van der Waals surface area (Å²) in [5.74, 6) is -0.471. The SMILES string of the molecule is CN(C(=O)c1nc(C(=O)NCc2cccnc2)c2ccccn12)c1ccccc1. The molecule has 0 radical (unpaired) electrons. The van der Waals surface area contributed by atoms with E-state index in [0.29, 0.717) is 12.1 Å². The van der Waals surface area contributed by atoms with E-state index in [1.807, 2.05) is 48.5 Å². The first-order chi connectivity index (χ1) is 14.1. The molecule has 2 amide bonds. The number of carbonyl (C=O) groups excluding carboxylic acids is 2. The van der Waals surface area contributed by atoms with Crippen LogP contribution >= 0.6 is 0 Å². The van der Waals surface area contributed by atoms with E-state index < -0.39 is 0 Å². The standard InChI is InChI=1S/C22H19N5O2/c1-26(17-9-3-2-4-10-17)22(29)20-25-19(18-11-5-6-13-27(18)20)21(28)24-15-16-8-7-12-23-14-16/h2-14H,15H2,1H3,(H,24,28). The predicted octanol–water partition coefficient (Wildman–Crippen LogP) is 2.94. The number of nitrogens with one attached hydrogen (secondary N) is 1. The molecule has 0 aliphatic carbocycles. The van der Waals surface area contributed by atoms with E-state index >= 15 is 0 Å². The minimum absolute atomic E-state index is 0.179. The van der Waals surface area contributed by atoms with Crippen LogP contribution in [0.4, 0.5) is 5.69 Å². The summed E-state index contributed by atoms with van der Waals surface area (Å²) in [6, 6.07) is 18.4. The summed E-state index contributed by atoms with van der Waals surface area (Å²) in [6.45, 7) is 0.325. The number of carbonyl (C=O) groups is 2. The summed E-state index contributed by atoms with van der Waals surface area (Å²) in [5.41, 5.74) is 2.40. The Kier molecular flexibility index (Phi) is 5.03. The van der Waals surface area contributed by atoms with Gasteiger partial charge in [0.1, 0.15) is 0 Å². The van der Waals surface area contributed by atoms with Crippen molar-refractivity contribution in [3.05, 3.63) is 96.3 Å². The van der Waals surface area contributed by atoms with E-state index in [0.717, 1.165) is 11.3 Å². The van der Waals surface area contributed by atoms with E-state index in [9.17, 15) is 9.59 Å². The molecule has 0 fully saturated rings. The van der Waals surface area contributed by atoms with Gasteiger partial charge in [0.05, 0.1) is 5.52 Å². The van der Waals surface area contributed by atoms with Crippen molar-refractivity contribution in [2.75, 3.05) is 11.9 Å².